The van der Waals surface area contributed by atoms with Gasteiger partial charge in [-0.3, -0.25) is 4.79 Å². The van der Waals surface area contributed by atoms with Crippen LogP contribution in [0.4, 0.5) is 0 Å². The number of rotatable bonds is 5. The number of carbonyl (C=O) groups is 1. The van der Waals surface area contributed by atoms with Crippen molar-refractivity contribution in [2.45, 2.75) is 26.4 Å². The molecule has 4 heteroatoms. The molecule has 1 aromatic carbocycles. The van der Waals surface area contributed by atoms with Crippen LogP contribution in [-0.2, 0) is 16.0 Å². The minimum Gasteiger partial charge on any atom is -0.373 e. The van der Waals surface area contributed by atoms with Crippen molar-refractivity contribution in [2.24, 2.45) is 5.92 Å². The van der Waals surface area contributed by atoms with Crippen LogP contribution in [0.2, 0.25) is 10.0 Å². The molecule has 0 aromatic heterocycles. The van der Waals surface area contributed by atoms with Gasteiger partial charge in [0.1, 0.15) is 6.10 Å². The average molecular weight is 275 g/mol. The lowest BCUT2D eigenvalue weighted by molar-refractivity contribution is -0.130. The molecule has 0 heterocycles. The second kappa shape index (κ2) is 6.39. The highest BCUT2D eigenvalue weighted by Gasteiger charge is 2.23. The van der Waals surface area contributed by atoms with E-state index < -0.39 is 6.10 Å². The topological polar surface area (TPSA) is 26.3 Å². The number of ketones is 1. The summed E-state index contributed by atoms with van der Waals surface area (Å²) in [6, 6.07) is 5.22. The molecule has 0 N–H and O–H groups in total. The van der Waals surface area contributed by atoms with E-state index in [0.29, 0.717) is 15.6 Å². The Balaban J connectivity index is 2.87. The van der Waals surface area contributed by atoms with Crippen LogP contribution in [0, 0.1) is 5.92 Å². The maximum Gasteiger partial charge on any atom is 0.166 e. The Morgan fingerprint density at radius 2 is 1.82 bits per heavy atom. The summed E-state index contributed by atoms with van der Waals surface area (Å²) in [5.41, 5.74) is 0.670. The van der Waals surface area contributed by atoms with Crippen molar-refractivity contribution in [1.29, 1.82) is 0 Å². The number of ether oxygens (including phenoxy) is 1. The van der Waals surface area contributed by atoms with Gasteiger partial charge in [-0.05, 0) is 23.6 Å². The van der Waals surface area contributed by atoms with Crippen molar-refractivity contribution >= 4 is 29.0 Å². The zero-order valence-corrected chi connectivity index (χ0v) is 11.7. The van der Waals surface area contributed by atoms with Gasteiger partial charge in [0, 0.05) is 23.6 Å². The number of halogens is 2. The highest BCUT2D eigenvalue weighted by molar-refractivity contribution is 6.36. The van der Waals surface area contributed by atoms with Crippen LogP contribution in [0.3, 0.4) is 0 Å². The quantitative estimate of drug-likeness (QED) is 0.817. The van der Waals surface area contributed by atoms with E-state index in [1.807, 2.05) is 13.8 Å². The zero-order chi connectivity index (χ0) is 13.0. The maximum absolute atomic E-state index is 12.0. The third-order valence-corrected chi connectivity index (χ3v) is 3.30. The van der Waals surface area contributed by atoms with Gasteiger partial charge in [-0.15, -0.1) is 0 Å². The number of Topliss-reactive ketones (excluding diaryl/α,β-unsaturated/α-hetero) is 1. The van der Waals surface area contributed by atoms with Crippen LogP contribution in [-0.4, -0.2) is 19.0 Å². The Morgan fingerprint density at radius 1 is 1.29 bits per heavy atom. The molecule has 0 saturated heterocycles. The smallest absolute Gasteiger partial charge is 0.166 e. The second-order valence-electron chi connectivity index (χ2n) is 4.24. The molecule has 94 valence electrons. The van der Waals surface area contributed by atoms with Crippen molar-refractivity contribution in [3.05, 3.63) is 33.8 Å². The molecule has 0 bridgehead atoms. The summed E-state index contributed by atoms with van der Waals surface area (Å²) in [6.07, 6.45) is -0.211. The van der Waals surface area contributed by atoms with Crippen LogP contribution < -0.4 is 0 Å². The first-order valence-corrected chi connectivity index (χ1v) is 6.21. The largest absolute Gasteiger partial charge is 0.373 e. The van der Waals surface area contributed by atoms with Crippen LogP contribution in [0.5, 0.6) is 0 Å². The number of hydrogen-bond acceptors (Lipinski definition) is 2. The summed E-state index contributed by atoms with van der Waals surface area (Å²) in [6.45, 7) is 3.89. The van der Waals surface area contributed by atoms with Crippen LogP contribution in [0.25, 0.3) is 0 Å². The SMILES string of the molecule is COC(C(=O)Cc1c(Cl)cccc1Cl)C(C)C. The highest BCUT2D eigenvalue weighted by atomic mass is 35.5. The average Bonchev–Trinajstić information content (AvgIpc) is 2.24. The molecule has 0 amide bonds. The van der Waals surface area contributed by atoms with Gasteiger partial charge in [0.25, 0.3) is 0 Å². The normalized spacial score (nSPS) is 12.8. The Bertz CT molecular complexity index is 382. The molecular formula is C13H16Cl2O2. The molecule has 2 nitrogen and oxygen atoms in total. The lowest BCUT2D eigenvalue weighted by Crippen LogP contribution is -2.30. The molecule has 0 spiro atoms. The van der Waals surface area contributed by atoms with Crippen LogP contribution >= 0.6 is 23.2 Å². The van der Waals surface area contributed by atoms with E-state index in [9.17, 15) is 4.79 Å². The Labute approximate surface area is 112 Å². The molecule has 0 aliphatic carbocycles. The predicted octanol–water partition coefficient (Wildman–Crippen LogP) is 3.78. The van der Waals surface area contributed by atoms with Gasteiger partial charge in [0.15, 0.2) is 5.78 Å². The van der Waals surface area contributed by atoms with Gasteiger partial charge in [-0.25, -0.2) is 0 Å². The fraction of sp³-hybridized carbons (Fsp3) is 0.462. The van der Waals surface area contributed by atoms with Crippen molar-refractivity contribution in [3.63, 3.8) is 0 Å². The van der Waals surface area contributed by atoms with E-state index in [-0.39, 0.29) is 18.1 Å². The second-order valence-corrected chi connectivity index (χ2v) is 5.06. The molecular weight excluding hydrogens is 259 g/mol. The molecule has 1 unspecified atom stereocenters. The van der Waals surface area contributed by atoms with E-state index in [0.717, 1.165) is 0 Å². The molecule has 17 heavy (non-hydrogen) atoms. The number of hydrogen-bond donors (Lipinski definition) is 0. The minimum absolute atomic E-state index is 0.00231. The lowest BCUT2D eigenvalue weighted by atomic mass is 9.98. The molecule has 0 aliphatic heterocycles. The van der Waals surface area contributed by atoms with Crippen LogP contribution in [0.1, 0.15) is 19.4 Å². The lowest BCUT2D eigenvalue weighted by Gasteiger charge is -2.18. The zero-order valence-electron chi connectivity index (χ0n) is 10.2. The Hall–Kier alpha value is -0.570. The van der Waals surface area contributed by atoms with E-state index in [1.54, 1.807) is 18.2 Å². The molecule has 1 atom stereocenters. The summed E-state index contributed by atoms with van der Waals surface area (Å²) in [5.74, 6) is 0.131. The molecule has 1 rings (SSSR count). The van der Waals surface area contributed by atoms with Gasteiger partial charge in [0.05, 0.1) is 0 Å². The van der Waals surface area contributed by atoms with Gasteiger partial charge in [-0.1, -0.05) is 43.1 Å². The first-order valence-electron chi connectivity index (χ1n) is 5.45. The van der Waals surface area contributed by atoms with Crippen molar-refractivity contribution < 1.29 is 9.53 Å². The first-order chi connectivity index (χ1) is 7.97. The minimum atomic E-state index is -0.415. The summed E-state index contributed by atoms with van der Waals surface area (Å²) in [5, 5.41) is 1.04. The molecule has 0 saturated carbocycles. The van der Waals surface area contributed by atoms with Gasteiger partial charge >= 0.3 is 0 Å². The molecule has 1 aromatic rings. The van der Waals surface area contributed by atoms with E-state index in [2.05, 4.69) is 0 Å². The Kier molecular flexibility index (Phi) is 5.44. The fourth-order valence-corrected chi connectivity index (χ4v) is 2.28. The summed E-state index contributed by atoms with van der Waals surface area (Å²) >= 11 is 12.0. The monoisotopic (exact) mass is 274 g/mol. The predicted molar refractivity (Wildman–Crippen MR) is 70.8 cm³/mol. The van der Waals surface area contributed by atoms with Crippen molar-refractivity contribution in [3.8, 4) is 0 Å². The summed E-state index contributed by atoms with van der Waals surface area (Å²) in [7, 11) is 1.54. The van der Waals surface area contributed by atoms with Crippen molar-refractivity contribution in [2.75, 3.05) is 7.11 Å². The van der Waals surface area contributed by atoms with Gasteiger partial charge < -0.3 is 4.74 Å². The standard InChI is InChI=1S/C13H16Cl2O2/c1-8(2)13(17-3)12(16)7-9-10(14)5-4-6-11(9)15/h4-6,8,13H,7H2,1-3H3. The third kappa shape index (κ3) is 3.70. The number of benzene rings is 1. The molecule has 0 aliphatic rings. The summed E-state index contributed by atoms with van der Waals surface area (Å²) < 4.78 is 5.19. The maximum atomic E-state index is 12.0. The van der Waals surface area contributed by atoms with E-state index >= 15 is 0 Å². The Morgan fingerprint density at radius 3 is 2.24 bits per heavy atom. The van der Waals surface area contributed by atoms with Gasteiger partial charge in [-0.2, -0.15) is 0 Å². The number of methoxy groups -OCH3 is 1. The molecule has 0 radical (unpaired) electrons. The summed E-state index contributed by atoms with van der Waals surface area (Å²) in [4.78, 5) is 12.0. The van der Waals surface area contributed by atoms with Crippen LogP contribution in [0.15, 0.2) is 18.2 Å². The first kappa shape index (κ1) is 14.5. The third-order valence-electron chi connectivity index (χ3n) is 2.59. The van der Waals surface area contributed by atoms with Gasteiger partial charge in [0.2, 0.25) is 0 Å². The fourth-order valence-electron chi connectivity index (χ4n) is 1.75. The highest BCUT2D eigenvalue weighted by Crippen LogP contribution is 2.25. The van der Waals surface area contributed by atoms with E-state index in [4.69, 9.17) is 27.9 Å². The van der Waals surface area contributed by atoms with E-state index in [1.165, 1.54) is 7.11 Å². The molecule has 0 fully saturated rings. The van der Waals surface area contributed by atoms with Crippen molar-refractivity contribution in [1.82, 2.24) is 0 Å². The number of carbonyl (C=O) groups excluding carboxylic acids is 1.